The number of hydrogen-bond acceptors (Lipinski definition) is 4. The lowest BCUT2D eigenvalue weighted by atomic mass is 10.3. The third-order valence-corrected chi connectivity index (χ3v) is 5.08. The number of nitrogens with zero attached hydrogens (tertiary/aromatic N) is 3. The van der Waals surface area contributed by atoms with Crippen LogP contribution in [0.15, 0.2) is 9.63 Å². The van der Waals surface area contributed by atoms with Gasteiger partial charge in [-0.2, -0.15) is 0 Å². The maximum Gasteiger partial charge on any atom is 0.260 e. The SMILES string of the molecule is Cn1nnc(Br)c1S(=O)(=O)NC1CCCC1. The fourth-order valence-corrected chi connectivity index (χ4v) is 4.33. The molecule has 1 aliphatic carbocycles. The Bertz CT molecular complexity index is 459. The molecule has 90 valence electrons. The fourth-order valence-electron chi connectivity index (χ4n) is 1.93. The van der Waals surface area contributed by atoms with Crippen LogP contribution in [0.25, 0.3) is 0 Å². The van der Waals surface area contributed by atoms with E-state index in [0.717, 1.165) is 25.7 Å². The van der Waals surface area contributed by atoms with Crippen molar-refractivity contribution in [1.29, 1.82) is 0 Å². The zero-order valence-corrected chi connectivity index (χ0v) is 11.3. The molecule has 0 amide bonds. The van der Waals surface area contributed by atoms with Gasteiger partial charge in [-0.3, -0.25) is 0 Å². The van der Waals surface area contributed by atoms with Crippen molar-refractivity contribution >= 4 is 26.0 Å². The molecule has 0 aromatic carbocycles. The van der Waals surface area contributed by atoms with Gasteiger partial charge in [0.05, 0.1) is 0 Å². The summed E-state index contributed by atoms with van der Waals surface area (Å²) in [6.07, 6.45) is 3.97. The fraction of sp³-hybridized carbons (Fsp3) is 0.750. The van der Waals surface area contributed by atoms with Gasteiger partial charge in [0.1, 0.15) is 0 Å². The monoisotopic (exact) mass is 308 g/mol. The summed E-state index contributed by atoms with van der Waals surface area (Å²) in [5.74, 6) is 0. The molecule has 1 aromatic rings. The van der Waals surface area contributed by atoms with E-state index in [4.69, 9.17) is 0 Å². The third kappa shape index (κ3) is 2.28. The van der Waals surface area contributed by atoms with E-state index < -0.39 is 10.0 Å². The van der Waals surface area contributed by atoms with E-state index in [2.05, 4.69) is 31.0 Å². The number of hydrogen-bond donors (Lipinski definition) is 1. The van der Waals surface area contributed by atoms with Gasteiger partial charge in [0.15, 0.2) is 4.60 Å². The maximum absolute atomic E-state index is 12.0. The molecular weight excluding hydrogens is 296 g/mol. The van der Waals surface area contributed by atoms with Crippen LogP contribution in [0.1, 0.15) is 25.7 Å². The van der Waals surface area contributed by atoms with Gasteiger partial charge in [-0.25, -0.2) is 17.8 Å². The molecular formula is C8H13BrN4O2S. The predicted octanol–water partition coefficient (Wildman–Crippen LogP) is 0.798. The van der Waals surface area contributed by atoms with Crippen molar-refractivity contribution in [2.75, 3.05) is 0 Å². The van der Waals surface area contributed by atoms with Gasteiger partial charge < -0.3 is 0 Å². The molecule has 6 nitrogen and oxygen atoms in total. The maximum atomic E-state index is 12.0. The Kier molecular flexibility index (Phi) is 3.32. The quantitative estimate of drug-likeness (QED) is 0.896. The first kappa shape index (κ1) is 12.0. The standard InChI is InChI=1S/C8H13BrN4O2S/c1-13-8(7(9)10-12-13)16(14,15)11-6-4-2-3-5-6/h6,11H,2-5H2,1H3. The van der Waals surface area contributed by atoms with Crippen LogP contribution in [0.2, 0.25) is 0 Å². The minimum atomic E-state index is -3.52. The molecule has 1 N–H and O–H groups in total. The van der Waals surface area contributed by atoms with Crippen molar-refractivity contribution in [3.05, 3.63) is 4.60 Å². The topological polar surface area (TPSA) is 76.9 Å². The largest absolute Gasteiger partial charge is 0.260 e. The van der Waals surface area contributed by atoms with Gasteiger partial charge in [0.2, 0.25) is 5.03 Å². The molecule has 1 aliphatic rings. The first-order chi connectivity index (χ1) is 7.50. The molecule has 1 aromatic heterocycles. The van der Waals surface area contributed by atoms with Gasteiger partial charge in [0, 0.05) is 13.1 Å². The average Bonchev–Trinajstić information content (AvgIpc) is 2.76. The van der Waals surface area contributed by atoms with E-state index in [1.54, 1.807) is 7.05 Å². The van der Waals surface area contributed by atoms with Crippen molar-refractivity contribution in [2.24, 2.45) is 7.05 Å². The molecule has 0 aliphatic heterocycles. The van der Waals surface area contributed by atoms with Gasteiger partial charge in [-0.1, -0.05) is 18.1 Å². The van der Waals surface area contributed by atoms with Gasteiger partial charge in [-0.15, -0.1) is 5.10 Å². The van der Waals surface area contributed by atoms with E-state index in [1.807, 2.05) is 0 Å². The number of aryl methyl sites for hydroxylation is 1. The lowest BCUT2D eigenvalue weighted by molar-refractivity contribution is 0.536. The summed E-state index contributed by atoms with van der Waals surface area (Å²) in [4.78, 5) is 0. The second-order valence-corrected chi connectivity index (χ2v) is 6.29. The number of halogens is 1. The first-order valence-electron chi connectivity index (χ1n) is 5.08. The van der Waals surface area contributed by atoms with Crippen molar-refractivity contribution in [3.63, 3.8) is 0 Å². The number of rotatable bonds is 3. The van der Waals surface area contributed by atoms with Gasteiger partial charge >= 0.3 is 0 Å². The molecule has 0 spiro atoms. The van der Waals surface area contributed by atoms with Crippen molar-refractivity contribution in [1.82, 2.24) is 19.7 Å². The normalized spacial score (nSPS) is 18.1. The zero-order valence-electron chi connectivity index (χ0n) is 8.85. The summed E-state index contributed by atoms with van der Waals surface area (Å²) in [5, 5.41) is 7.41. The minimum absolute atomic E-state index is 0.0480. The van der Waals surface area contributed by atoms with Crippen LogP contribution in [0.3, 0.4) is 0 Å². The Balaban J connectivity index is 2.25. The highest BCUT2D eigenvalue weighted by Gasteiger charge is 2.28. The average molecular weight is 309 g/mol. The van der Waals surface area contributed by atoms with E-state index in [1.165, 1.54) is 4.68 Å². The Morgan fingerprint density at radius 3 is 2.56 bits per heavy atom. The minimum Gasteiger partial charge on any atom is -0.235 e. The van der Waals surface area contributed by atoms with Crippen LogP contribution >= 0.6 is 15.9 Å². The summed E-state index contributed by atoms with van der Waals surface area (Å²) in [7, 11) is -1.96. The summed E-state index contributed by atoms with van der Waals surface area (Å²) in [6, 6.07) is 0.0480. The van der Waals surface area contributed by atoms with Crippen LogP contribution < -0.4 is 4.72 Å². The predicted molar refractivity (Wildman–Crippen MR) is 61.3 cm³/mol. The number of sulfonamides is 1. The molecule has 16 heavy (non-hydrogen) atoms. The smallest absolute Gasteiger partial charge is 0.235 e. The highest BCUT2D eigenvalue weighted by molar-refractivity contribution is 9.10. The Morgan fingerprint density at radius 1 is 1.44 bits per heavy atom. The van der Waals surface area contributed by atoms with Crippen LogP contribution in [0, 0.1) is 0 Å². The van der Waals surface area contributed by atoms with Gasteiger partial charge in [-0.05, 0) is 28.8 Å². The summed E-state index contributed by atoms with van der Waals surface area (Å²) in [6.45, 7) is 0. The highest BCUT2D eigenvalue weighted by atomic mass is 79.9. The highest BCUT2D eigenvalue weighted by Crippen LogP contribution is 2.22. The number of aromatic nitrogens is 3. The lowest BCUT2D eigenvalue weighted by Gasteiger charge is -2.12. The van der Waals surface area contributed by atoms with Crippen LogP contribution in [0.5, 0.6) is 0 Å². The van der Waals surface area contributed by atoms with E-state index in [0.29, 0.717) is 0 Å². The Morgan fingerprint density at radius 2 is 2.06 bits per heavy atom. The molecule has 1 saturated carbocycles. The molecule has 2 rings (SSSR count). The molecule has 0 bridgehead atoms. The molecule has 1 heterocycles. The third-order valence-electron chi connectivity index (χ3n) is 2.67. The van der Waals surface area contributed by atoms with E-state index >= 15 is 0 Å². The zero-order chi connectivity index (χ0) is 11.8. The van der Waals surface area contributed by atoms with Crippen molar-refractivity contribution in [3.8, 4) is 0 Å². The molecule has 0 saturated heterocycles. The first-order valence-corrected chi connectivity index (χ1v) is 7.36. The second kappa shape index (κ2) is 4.42. The molecule has 0 atom stereocenters. The summed E-state index contributed by atoms with van der Waals surface area (Å²) in [5.41, 5.74) is 0. The van der Waals surface area contributed by atoms with Crippen LogP contribution in [-0.2, 0) is 17.1 Å². The summed E-state index contributed by atoms with van der Waals surface area (Å²) >= 11 is 3.09. The van der Waals surface area contributed by atoms with Gasteiger partial charge in [0.25, 0.3) is 10.0 Å². The molecule has 8 heteroatoms. The molecule has 1 fully saturated rings. The van der Waals surface area contributed by atoms with Crippen molar-refractivity contribution in [2.45, 2.75) is 36.8 Å². The van der Waals surface area contributed by atoms with E-state index in [9.17, 15) is 8.42 Å². The Labute approximate surface area is 103 Å². The van der Waals surface area contributed by atoms with Crippen LogP contribution in [0.4, 0.5) is 0 Å². The second-order valence-electron chi connectivity index (χ2n) is 3.91. The van der Waals surface area contributed by atoms with E-state index in [-0.39, 0.29) is 15.7 Å². The van der Waals surface area contributed by atoms with Crippen LogP contribution in [-0.4, -0.2) is 29.5 Å². The number of nitrogens with one attached hydrogen (secondary N) is 1. The molecule has 0 unspecified atom stereocenters. The molecule has 0 radical (unpaired) electrons. The summed E-state index contributed by atoms with van der Waals surface area (Å²) < 4.78 is 28.3. The Hall–Kier alpha value is -0.470. The van der Waals surface area contributed by atoms with Crippen molar-refractivity contribution < 1.29 is 8.42 Å². The lowest BCUT2D eigenvalue weighted by Crippen LogP contribution is -2.34.